The largest absolute Gasteiger partial charge is 0.353 e. The van der Waals surface area contributed by atoms with Crippen LogP contribution in [0.5, 0.6) is 0 Å². The molecule has 156 valence electrons. The number of nitrogens with one attached hydrogen (secondary N) is 1. The SMILES string of the molecule is O=C(CC1CC2(CCN(C(=O)N3CCCC3)CC2)c2ccccc21)NC1CCC1. The third-order valence-corrected chi connectivity index (χ3v) is 7.88. The lowest BCUT2D eigenvalue weighted by atomic mass is 9.73. The second kappa shape index (κ2) is 7.66. The van der Waals surface area contributed by atoms with Crippen LogP contribution in [0.4, 0.5) is 4.79 Å². The van der Waals surface area contributed by atoms with Crippen molar-refractivity contribution in [3.8, 4) is 0 Å². The normalized spacial score (nSPS) is 25.7. The summed E-state index contributed by atoms with van der Waals surface area (Å²) >= 11 is 0. The number of fused-ring (bicyclic) bond motifs is 2. The van der Waals surface area contributed by atoms with Gasteiger partial charge < -0.3 is 15.1 Å². The Morgan fingerprint density at radius 2 is 1.66 bits per heavy atom. The van der Waals surface area contributed by atoms with Crippen LogP contribution in [0.15, 0.2) is 24.3 Å². The first kappa shape index (κ1) is 19.0. The molecule has 1 saturated carbocycles. The number of likely N-dealkylation sites (tertiary alicyclic amines) is 2. The number of piperidine rings is 1. The Labute approximate surface area is 173 Å². The van der Waals surface area contributed by atoms with Crippen molar-refractivity contribution < 1.29 is 9.59 Å². The highest BCUT2D eigenvalue weighted by Crippen LogP contribution is 2.52. The summed E-state index contributed by atoms with van der Waals surface area (Å²) in [6, 6.07) is 9.40. The summed E-state index contributed by atoms with van der Waals surface area (Å²) in [6.45, 7) is 3.51. The molecule has 1 aromatic rings. The second-order valence-electron chi connectivity index (χ2n) is 9.63. The molecule has 1 aromatic carbocycles. The van der Waals surface area contributed by atoms with Gasteiger partial charge in [-0.2, -0.15) is 0 Å². The Bertz CT molecular complexity index is 774. The maximum atomic E-state index is 12.8. The molecule has 3 fully saturated rings. The molecule has 0 bridgehead atoms. The molecule has 1 N–H and O–H groups in total. The molecule has 0 aromatic heterocycles. The first-order valence-corrected chi connectivity index (χ1v) is 11.6. The molecular formula is C24H33N3O2. The molecule has 2 heterocycles. The summed E-state index contributed by atoms with van der Waals surface area (Å²) < 4.78 is 0. The minimum atomic E-state index is 0.139. The van der Waals surface area contributed by atoms with E-state index in [9.17, 15) is 9.59 Å². The van der Waals surface area contributed by atoms with Gasteiger partial charge in [-0.3, -0.25) is 4.79 Å². The highest BCUT2D eigenvalue weighted by atomic mass is 16.2. The molecule has 2 saturated heterocycles. The Hall–Kier alpha value is -2.04. The fourth-order valence-electron chi connectivity index (χ4n) is 5.98. The summed E-state index contributed by atoms with van der Waals surface area (Å²) in [5, 5.41) is 3.22. The average molecular weight is 396 g/mol. The van der Waals surface area contributed by atoms with Crippen molar-refractivity contribution in [1.29, 1.82) is 0 Å². The molecular weight excluding hydrogens is 362 g/mol. The molecule has 1 spiro atoms. The molecule has 5 nitrogen and oxygen atoms in total. The van der Waals surface area contributed by atoms with Gasteiger partial charge in [-0.1, -0.05) is 24.3 Å². The van der Waals surface area contributed by atoms with Gasteiger partial charge in [-0.05, 0) is 73.8 Å². The zero-order valence-electron chi connectivity index (χ0n) is 17.4. The predicted molar refractivity (Wildman–Crippen MR) is 113 cm³/mol. The monoisotopic (exact) mass is 395 g/mol. The third-order valence-electron chi connectivity index (χ3n) is 7.88. The van der Waals surface area contributed by atoms with Gasteiger partial charge in [0.05, 0.1) is 0 Å². The highest BCUT2D eigenvalue weighted by molar-refractivity contribution is 5.78. The van der Waals surface area contributed by atoms with Gasteiger partial charge in [0, 0.05) is 38.6 Å². The zero-order valence-corrected chi connectivity index (χ0v) is 17.4. The topological polar surface area (TPSA) is 52.7 Å². The van der Waals surface area contributed by atoms with E-state index >= 15 is 0 Å². The van der Waals surface area contributed by atoms with Crippen LogP contribution >= 0.6 is 0 Å². The van der Waals surface area contributed by atoms with Crippen molar-refractivity contribution in [1.82, 2.24) is 15.1 Å². The van der Waals surface area contributed by atoms with Gasteiger partial charge >= 0.3 is 6.03 Å². The number of hydrogen-bond donors (Lipinski definition) is 1. The Kier molecular flexibility index (Phi) is 5.00. The fourth-order valence-corrected chi connectivity index (χ4v) is 5.98. The van der Waals surface area contributed by atoms with E-state index in [-0.39, 0.29) is 17.4 Å². The summed E-state index contributed by atoms with van der Waals surface area (Å²) in [4.78, 5) is 29.5. The second-order valence-corrected chi connectivity index (χ2v) is 9.63. The van der Waals surface area contributed by atoms with E-state index in [1.165, 1.54) is 17.5 Å². The molecule has 3 amide bonds. The number of carbonyl (C=O) groups excluding carboxylic acids is 2. The molecule has 5 heteroatoms. The molecule has 1 atom stereocenters. The number of amides is 3. The minimum absolute atomic E-state index is 0.139. The van der Waals surface area contributed by atoms with Crippen LogP contribution in [0.3, 0.4) is 0 Å². The van der Waals surface area contributed by atoms with Crippen LogP contribution < -0.4 is 5.32 Å². The first-order chi connectivity index (χ1) is 14.1. The maximum Gasteiger partial charge on any atom is 0.319 e. The number of benzene rings is 1. The maximum absolute atomic E-state index is 12.8. The summed E-state index contributed by atoms with van der Waals surface area (Å²) in [7, 11) is 0. The lowest BCUT2D eigenvalue weighted by Gasteiger charge is -2.41. The average Bonchev–Trinajstić information content (AvgIpc) is 3.34. The third kappa shape index (κ3) is 3.53. The lowest BCUT2D eigenvalue weighted by molar-refractivity contribution is -0.122. The van der Waals surface area contributed by atoms with Crippen molar-refractivity contribution in [2.75, 3.05) is 26.2 Å². The van der Waals surface area contributed by atoms with Gasteiger partial charge in [-0.15, -0.1) is 0 Å². The van der Waals surface area contributed by atoms with Gasteiger partial charge in [0.2, 0.25) is 5.91 Å². The van der Waals surface area contributed by atoms with Crippen LogP contribution in [0.2, 0.25) is 0 Å². The first-order valence-electron chi connectivity index (χ1n) is 11.6. The van der Waals surface area contributed by atoms with E-state index in [1.54, 1.807) is 0 Å². The molecule has 4 aliphatic rings. The number of urea groups is 1. The Morgan fingerprint density at radius 3 is 2.34 bits per heavy atom. The number of nitrogens with zero attached hydrogens (tertiary/aromatic N) is 2. The number of rotatable bonds is 3. The van der Waals surface area contributed by atoms with Gasteiger partial charge in [-0.25, -0.2) is 4.79 Å². The highest BCUT2D eigenvalue weighted by Gasteiger charge is 2.46. The smallest absolute Gasteiger partial charge is 0.319 e. The lowest BCUT2D eigenvalue weighted by Crippen LogP contribution is -2.49. The van der Waals surface area contributed by atoms with Crippen LogP contribution in [0.25, 0.3) is 0 Å². The van der Waals surface area contributed by atoms with E-state index in [1.807, 2.05) is 4.90 Å². The fraction of sp³-hybridized carbons (Fsp3) is 0.667. The summed E-state index contributed by atoms with van der Waals surface area (Å²) in [5.74, 6) is 0.528. The minimum Gasteiger partial charge on any atom is -0.353 e. The van der Waals surface area contributed by atoms with Gasteiger partial charge in [0.15, 0.2) is 0 Å². The van der Waals surface area contributed by atoms with Gasteiger partial charge in [0.1, 0.15) is 0 Å². The van der Waals surface area contributed by atoms with E-state index in [0.717, 1.165) is 71.1 Å². The standard InChI is InChI=1S/C24H33N3O2/c28-22(25-19-6-5-7-19)16-18-17-24(21-9-2-1-8-20(18)21)10-14-27(15-11-24)23(29)26-12-3-4-13-26/h1-2,8-9,18-19H,3-7,10-17H2,(H,25,28). The summed E-state index contributed by atoms with van der Waals surface area (Å²) in [6.07, 6.45) is 9.49. The van der Waals surface area contributed by atoms with E-state index < -0.39 is 0 Å². The molecule has 0 radical (unpaired) electrons. The van der Waals surface area contributed by atoms with Crippen LogP contribution in [-0.4, -0.2) is 54.0 Å². The zero-order chi connectivity index (χ0) is 19.8. The molecule has 29 heavy (non-hydrogen) atoms. The molecule has 5 rings (SSSR count). The van der Waals surface area contributed by atoms with E-state index in [2.05, 4.69) is 34.5 Å². The molecule has 2 aliphatic heterocycles. The van der Waals surface area contributed by atoms with Crippen LogP contribution in [0, 0.1) is 0 Å². The van der Waals surface area contributed by atoms with Crippen molar-refractivity contribution >= 4 is 11.9 Å². The van der Waals surface area contributed by atoms with E-state index in [0.29, 0.717) is 18.4 Å². The van der Waals surface area contributed by atoms with Gasteiger partial charge in [0.25, 0.3) is 0 Å². The van der Waals surface area contributed by atoms with E-state index in [4.69, 9.17) is 0 Å². The molecule has 2 aliphatic carbocycles. The van der Waals surface area contributed by atoms with Crippen LogP contribution in [0.1, 0.15) is 74.8 Å². The number of carbonyl (C=O) groups is 2. The molecule has 1 unspecified atom stereocenters. The predicted octanol–water partition coefficient (Wildman–Crippen LogP) is 3.78. The van der Waals surface area contributed by atoms with Crippen molar-refractivity contribution in [2.24, 2.45) is 0 Å². The summed E-state index contributed by atoms with van der Waals surface area (Å²) in [5.41, 5.74) is 2.95. The Morgan fingerprint density at radius 1 is 0.966 bits per heavy atom. The van der Waals surface area contributed by atoms with Crippen molar-refractivity contribution in [2.45, 2.75) is 75.2 Å². The Balaban J connectivity index is 1.27. The van der Waals surface area contributed by atoms with Crippen molar-refractivity contribution in [3.63, 3.8) is 0 Å². The van der Waals surface area contributed by atoms with Crippen molar-refractivity contribution in [3.05, 3.63) is 35.4 Å². The number of hydrogen-bond acceptors (Lipinski definition) is 2. The van der Waals surface area contributed by atoms with Crippen LogP contribution in [-0.2, 0) is 10.2 Å². The quantitative estimate of drug-likeness (QED) is 0.847.